The van der Waals surface area contributed by atoms with Gasteiger partial charge in [-0.3, -0.25) is 4.79 Å². The maximum atomic E-state index is 12.8. The maximum absolute atomic E-state index is 12.8. The van der Waals surface area contributed by atoms with Crippen LogP contribution in [0.2, 0.25) is 5.02 Å². The van der Waals surface area contributed by atoms with Gasteiger partial charge < -0.3 is 10.5 Å². The molecule has 0 aliphatic carbocycles. The Kier molecular flexibility index (Phi) is 4.67. The lowest BCUT2D eigenvalue weighted by atomic mass is 10.1. The summed E-state index contributed by atoms with van der Waals surface area (Å²) in [5.74, 6) is -0.623. The fourth-order valence-corrected chi connectivity index (χ4v) is 2.66. The molecule has 0 radical (unpaired) electrons. The third kappa shape index (κ3) is 3.18. The number of aryl methyl sites for hydroxylation is 1. The minimum Gasteiger partial charge on any atom is -0.444 e. The molecule has 0 bridgehead atoms. The quantitative estimate of drug-likeness (QED) is 0.756. The molecule has 2 heterocycles. The lowest BCUT2D eigenvalue weighted by Gasteiger charge is -2.08. The van der Waals surface area contributed by atoms with Gasteiger partial charge in [0.1, 0.15) is 5.69 Å². The summed E-state index contributed by atoms with van der Waals surface area (Å²) in [6.45, 7) is 0.661. The van der Waals surface area contributed by atoms with E-state index >= 15 is 0 Å². The predicted octanol–water partition coefficient (Wildman–Crippen LogP) is 3.30. The van der Waals surface area contributed by atoms with E-state index in [4.69, 9.17) is 22.1 Å². The smallest absolute Gasteiger partial charge is 0.268 e. The van der Waals surface area contributed by atoms with Crippen LogP contribution < -0.4 is 10.5 Å². The topological polar surface area (TPSA) is 83.0 Å². The van der Waals surface area contributed by atoms with E-state index in [1.807, 2.05) is 6.07 Å². The monoisotopic (exact) mass is 360 g/mol. The highest BCUT2D eigenvalue weighted by atomic mass is 35.5. The molecule has 8 heteroatoms. The lowest BCUT2D eigenvalue weighted by Crippen LogP contribution is -2.18. The Morgan fingerprint density at radius 1 is 1.28 bits per heavy atom. The van der Waals surface area contributed by atoms with E-state index in [0.717, 1.165) is 0 Å². The third-order valence-corrected chi connectivity index (χ3v) is 3.80. The van der Waals surface area contributed by atoms with Crippen molar-refractivity contribution in [2.24, 2.45) is 5.73 Å². The molecule has 0 saturated carbocycles. The zero-order chi connectivity index (χ0) is 18.0. The number of carbonyl (C=O) groups is 1. The number of halogens is 2. The number of rotatable bonds is 5. The predicted molar refractivity (Wildman–Crippen MR) is 91.7 cm³/mol. The molecule has 2 aromatic heterocycles. The molecule has 128 valence electrons. The molecule has 1 amide bonds. The summed E-state index contributed by atoms with van der Waals surface area (Å²) in [5, 5.41) is 4.44. The van der Waals surface area contributed by atoms with E-state index in [9.17, 15) is 9.18 Å². The molecule has 1 aromatic carbocycles. The largest absolute Gasteiger partial charge is 0.444 e. The van der Waals surface area contributed by atoms with Crippen molar-refractivity contribution in [1.82, 2.24) is 14.8 Å². The van der Waals surface area contributed by atoms with Crippen molar-refractivity contribution in [2.75, 3.05) is 6.86 Å². The Morgan fingerprint density at radius 2 is 2.00 bits per heavy atom. The number of hydrogen-bond donors (Lipinski definition) is 1. The van der Waals surface area contributed by atoms with Gasteiger partial charge in [-0.25, -0.2) is 14.1 Å². The number of ether oxygens (including phenoxy) is 1. The number of pyridine rings is 1. The van der Waals surface area contributed by atoms with Gasteiger partial charge in [-0.15, -0.1) is 5.10 Å². The second-order valence-electron chi connectivity index (χ2n) is 5.18. The first kappa shape index (κ1) is 16.9. The normalized spacial score (nSPS) is 10.7. The van der Waals surface area contributed by atoms with Gasteiger partial charge in [0.05, 0.1) is 10.6 Å². The van der Waals surface area contributed by atoms with Crippen LogP contribution in [0, 0.1) is 6.92 Å². The number of benzene rings is 1. The second kappa shape index (κ2) is 6.90. The summed E-state index contributed by atoms with van der Waals surface area (Å²) >= 11 is 6.20. The summed E-state index contributed by atoms with van der Waals surface area (Å²) in [6.07, 6.45) is 0. The minimum absolute atomic E-state index is 0.00894. The van der Waals surface area contributed by atoms with Crippen LogP contribution in [-0.2, 0) is 0 Å². The van der Waals surface area contributed by atoms with Crippen molar-refractivity contribution in [2.45, 2.75) is 6.92 Å². The van der Waals surface area contributed by atoms with E-state index < -0.39 is 12.8 Å². The molecule has 3 rings (SSSR count). The van der Waals surface area contributed by atoms with E-state index in [2.05, 4.69) is 10.1 Å². The van der Waals surface area contributed by atoms with E-state index in [1.165, 1.54) is 4.68 Å². The highest BCUT2D eigenvalue weighted by molar-refractivity contribution is 6.32. The van der Waals surface area contributed by atoms with Crippen LogP contribution in [0.3, 0.4) is 0 Å². The van der Waals surface area contributed by atoms with Crippen LogP contribution in [0.25, 0.3) is 16.9 Å². The molecule has 2 N–H and O–H groups in total. The highest BCUT2D eigenvalue weighted by Crippen LogP contribution is 2.35. The highest BCUT2D eigenvalue weighted by Gasteiger charge is 2.27. The molecule has 0 saturated heterocycles. The average molecular weight is 361 g/mol. The molecule has 25 heavy (non-hydrogen) atoms. The van der Waals surface area contributed by atoms with Crippen LogP contribution >= 0.6 is 11.6 Å². The second-order valence-corrected chi connectivity index (χ2v) is 5.59. The first-order valence-corrected chi connectivity index (χ1v) is 7.71. The number of carbonyl (C=O) groups excluding carboxylic acids is 1. The summed E-state index contributed by atoms with van der Waals surface area (Å²) < 4.78 is 19.0. The minimum atomic E-state index is -1.11. The summed E-state index contributed by atoms with van der Waals surface area (Å²) in [4.78, 5) is 16.4. The molecule has 0 fully saturated rings. The molecule has 0 unspecified atom stereocenters. The molecule has 0 atom stereocenters. The van der Waals surface area contributed by atoms with Gasteiger partial charge in [0.15, 0.2) is 5.82 Å². The number of hydrogen-bond acceptors (Lipinski definition) is 4. The standard InChI is InChI=1S/C17H14ClFN4O2/c1-10-7-8-12(18)16(21-10)23-14(15(20)24)13(17(22-23)25-9-19)11-5-3-2-4-6-11/h2-8H,9H2,1H3,(H2,20,24). The molecular formula is C17H14ClFN4O2. The summed E-state index contributed by atoms with van der Waals surface area (Å²) in [6, 6.07) is 12.2. The molecule has 0 aliphatic heterocycles. The van der Waals surface area contributed by atoms with E-state index in [1.54, 1.807) is 43.3 Å². The van der Waals surface area contributed by atoms with Gasteiger partial charge in [-0.2, -0.15) is 0 Å². The SMILES string of the molecule is Cc1ccc(Cl)c(-n2nc(OCF)c(-c3ccccc3)c2C(N)=O)n1. The van der Waals surface area contributed by atoms with Gasteiger partial charge in [-0.05, 0) is 24.6 Å². The molecular weight excluding hydrogens is 347 g/mol. The first-order chi connectivity index (χ1) is 12.0. The molecule has 0 spiro atoms. The number of aromatic nitrogens is 3. The van der Waals surface area contributed by atoms with Gasteiger partial charge in [0.2, 0.25) is 12.7 Å². The van der Waals surface area contributed by atoms with Crippen molar-refractivity contribution in [3.63, 3.8) is 0 Å². The Bertz CT molecular complexity index is 928. The van der Waals surface area contributed by atoms with Crippen LogP contribution in [-0.4, -0.2) is 27.5 Å². The molecule has 0 aliphatic rings. The number of alkyl halides is 1. The van der Waals surface area contributed by atoms with Crippen molar-refractivity contribution < 1.29 is 13.9 Å². The lowest BCUT2D eigenvalue weighted by molar-refractivity contribution is 0.0993. The van der Waals surface area contributed by atoms with Crippen LogP contribution in [0.5, 0.6) is 5.88 Å². The summed E-state index contributed by atoms with van der Waals surface area (Å²) in [7, 11) is 0. The van der Waals surface area contributed by atoms with Crippen molar-refractivity contribution in [1.29, 1.82) is 0 Å². The van der Waals surface area contributed by atoms with Gasteiger partial charge in [0, 0.05) is 5.69 Å². The fraction of sp³-hybridized carbons (Fsp3) is 0.118. The number of primary amides is 1. The van der Waals surface area contributed by atoms with Gasteiger partial charge >= 0.3 is 0 Å². The Labute approximate surface area is 148 Å². The average Bonchev–Trinajstić information content (AvgIpc) is 2.97. The Hall–Kier alpha value is -2.93. The van der Waals surface area contributed by atoms with Crippen molar-refractivity contribution >= 4 is 17.5 Å². The summed E-state index contributed by atoms with van der Waals surface area (Å²) in [5.41, 5.74) is 7.13. The number of nitrogens with zero attached hydrogens (tertiary/aromatic N) is 3. The fourth-order valence-electron chi connectivity index (χ4n) is 2.47. The van der Waals surface area contributed by atoms with Crippen LogP contribution in [0.1, 0.15) is 16.2 Å². The van der Waals surface area contributed by atoms with E-state index in [0.29, 0.717) is 11.3 Å². The molecule has 3 aromatic rings. The molecule has 6 nitrogen and oxygen atoms in total. The third-order valence-electron chi connectivity index (χ3n) is 3.51. The van der Waals surface area contributed by atoms with Gasteiger partial charge in [0.25, 0.3) is 5.91 Å². The van der Waals surface area contributed by atoms with Crippen molar-refractivity contribution in [3.8, 4) is 22.8 Å². The Morgan fingerprint density at radius 3 is 2.64 bits per heavy atom. The van der Waals surface area contributed by atoms with Crippen molar-refractivity contribution in [3.05, 3.63) is 58.9 Å². The van der Waals surface area contributed by atoms with Gasteiger partial charge in [-0.1, -0.05) is 41.9 Å². The Balaban J connectivity index is 2.34. The first-order valence-electron chi connectivity index (χ1n) is 7.33. The maximum Gasteiger partial charge on any atom is 0.268 e. The zero-order valence-corrected chi connectivity index (χ0v) is 14.0. The number of nitrogens with two attached hydrogens (primary N) is 1. The van der Waals surface area contributed by atoms with Crippen LogP contribution in [0.15, 0.2) is 42.5 Å². The van der Waals surface area contributed by atoms with E-state index in [-0.39, 0.29) is 28.0 Å². The zero-order valence-electron chi connectivity index (χ0n) is 13.2. The van der Waals surface area contributed by atoms with Crippen LogP contribution in [0.4, 0.5) is 4.39 Å². The number of amides is 1.